The summed E-state index contributed by atoms with van der Waals surface area (Å²) in [5, 5.41) is 0. The fourth-order valence-corrected chi connectivity index (χ4v) is 0.573. The number of nitrogens with two attached hydrogens (primary N) is 1. The van der Waals surface area contributed by atoms with Gasteiger partial charge in [-0.25, -0.2) is 0 Å². The van der Waals surface area contributed by atoms with E-state index in [2.05, 4.69) is 33.4 Å². The molecule has 1 nitrogen and oxygen atoms in total. The molecule has 0 aliphatic rings. The van der Waals surface area contributed by atoms with Gasteiger partial charge >= 0.3 is 0 Å². The Hall–Kier alpha value is -0.560. The van der Waals surface area contributed by atoms with E-state index >= 15 is 0 Å². The zero-order valence-corrected chi connectivity index (χ0v) is 8.93. The molecule has 12 heavy (non-hydrogen) atoms. The molecule has 0 aromatic carbocycles. The summed E-state index contributed by atoms with van der Waals surface area (Å²) in [4.78, 5) is 0. The van der Waals surface area contributed by atoms with Gasteiger partial charge in [0.25, 0.3) is 0 Å². The summed E-state index contributed by atoms with van der Waals surface area (Å²) in [7, 11) is 0. The molecule has 72 valence electrons. The van der Waals surface area contributed by atoms with E-state index in [0.29, 0.717) is 0 Å². The maximum atomic E-state index is 5.59. The van der Waals surface area contributed by atoms with E-state index in [1.807, 2.05) is 6.92 Å². The standard InChI is InChI=1S/C8H15N.C3H8/c1-4-7(3)6-8(9)5-2;1-3-2/h4-5,8H,2,6,9H2,1,3H3;3H2,1-2H3/b7-4-;. The summed E-state index contributed by atoms with van der Waals surface area (Å²) in [5.41, 5.74) is 6.91. The first-order valence-electron chi connectivity index (χ1n) is 4.62. The van der Waals surface area contributed by atoms with Crippen molar-refractivity contribution in [1.29, 1.82) is 0 Å². The van der Waals surface area contributed by atoms with Gasteiger partial charge in [-0.15, -0.1) is 6.58 Å². The van der Waals surface area contributed by atoms with Crippen LogP contribution < -0.4 is 5.73 Å². The molecule has 0 saturated heterocycles. The lowest BCUT2D eigenvalue weighted by Crippen LogP contribution is -2.16. The number of rotatable bonds is 3. The quantitative estimate of drug-likeness (QED) is 0.645. The molecule has 1 heteroatoms. The van der Waals surface area contributed by atoms with Crippen LogP contribution in [0.15, 0.2) is 24.3 Å². The Morgan fingerprint density at radius 2 is 1.92 bits per heavy atom. The minimum atomic E-state index is 0.126. The van der Waals surface area contributed by atoms with Crippen LogP contribution in [-0.4, -0.2) is 6.04 Å². The number of allylic oxidation sites excluding steroid dienone is 1. The van der Waals surface area contributed by atoms with Crippen LogP contribution in [0.3, 0.4) is 0 Å². The van der Waals surface area contributed by atoms with Crippen molar-refractivity contribution in [3.8, 4) is 0 Å². The van der Waals surface area contributed by atoms with Crippen LogP contribution in [0.2, 0.25) is 0 Å². The largest absolute Gasteiger partial charge is 0.324 e. The van der Waals surface area contributed by atoms with Crippen molar-refractivity contribution in [2.75, 3.05) is 0 Å². The van der Waals surface area contributed by atoms with E-state index in [4.69, 9.17) is 5.73 Å². The zero-order chi connectivity index (χ0) is 9.98. The Labute approximate surface area is 77.4 Å². The maximum Gasteiger partial charge on any atom is 0.0258 e. The fourth-order valence-electron chi connectivity index (χ4n) is 0.573. The van der Waals surface area contributed by atoms with Crippen molar-refractivity contribution in [1.82, 2.24) is 0 Å². The zero-order valence-electron chi connectivity index (χ0n) is 8.93. The highest BCUT2D eigenvalue weighted by atomic mass is 14.6. The Morgan fingerprint density at radius 1 is 1.50 bits per heavy atom. The molecule has 0 aliphatic heterocycles. The first-order valence-corrected chi connectivity index (χ1v) is 4.62. The third kappa shape index (κ3) is 12.1. The summed E-state index contributed by atoms with van der Waals surface area (Å²) in [6.45, 7) is 11.9. The van der Waals surface area contributed by atoms with Gasteiger partial charge in [0.05, 0.1) is 0 Å². The third-order valence-electron chi connectivity index (χ3n) is 1.35. The van der Waals surface area contributed by atoms with Gasteiger partial charge in [-0.2, -0.15) is 0 Å². The average Bonchev–Trinajstić information content (AvgIpc) is 2.05. The molecule has 0 bridgehead atoms. The Kier molecular flexibility index (Phi) is 12.2. The van der Waals surface area contributed by atoms with Gasteiger partial charge in [0.15, 0.2) is 0 Å². The lowest BCUT2D eigenvalue weighted by molar-refractivity contribution is 0.801. The number of hydrogen-bond donors (Lipinski definition) is 1. The molecular formula is C11H23N. The van der Waals surface area contributed by atoms with Crippen LogP contribution in [0.5, 0.6) is 0 Å². The van der Waals surface area contributed by atoms with Crippen molar-refractivity contribution >= 4 is 0 Å². The third-order valence-corrected chi connectivity index (χ3v) is 1.35. The lowest BCUT2D eigenvalue weighted by atomic mass is 10.1. The van der Waals surface area contributed by atoms with E-state index < -0.39 is 0 Å². The van der Waals surface area contributed by atoms with E-state index in [1.165, 1.54) is 12.0 Å². The molecule has 0 heterocycles. The van der Waals surface area contributed by atoms with Gasteiger partial charge in [0.2, 0.25) is 0 Å². The van der Waals surface area contributed by atoms with Gasteiger partial charge in [0.1, 0.15) is 0 Å². The minimum absolute atomic E-state index is 0.126. The van der Waals surface area contributed by atoms with E-state index in [9.17, 15) is 0 Å². The monoisotopic (exact) mass is 169 g/mol. The predicted octanol–water partition coefficient (Wildman–Crippen LogP) is 3.27. The maximum absolute atomic E-state index is 5.59. The molecule has 0 saturated carbocycles. The van der Waals surface area contributed by atoms with Gasteiger partial charge in [-0.3, -0.25) is 0 Å². The van der Waals surface area contributed by atoms with E-state index in [-0.39, 0.29) is 6.04 Å². The molecule has 2 N–H and O–H groups in total. The molecule has 0 aromatic heterocycles. The van der Waals surface area contributed by atoms with Crippen molar-refractivity contribution in [2.24, 2.45) is 5.73 Å². The second kappa shape index (κ2) is 10.4. The summed E-state index contributed by atoms with van der Waals surface area (Å²) >= 11 is 0. The second-order valence-corrected chi connectivity index (χ2v) is 2.95. The van der Waals surface area contributed by atoms with Gasteiger partial charge in [0, 0.05) is 6.04 Å². The highest BCUT2D eigenvalue weighted by Gasteiger charge is 1.94. The van der Waals surface area contributed by atoms with E-state index in [1.54, 1.807) is 6.08 Å². The van der Waals surface area contributed by atoms with Crippen LogP contribution in [0, 0.1) is 0 Å². The van der Waals surface area contributed by atoms with Crippen LogP contribution >= 0.6 is 0 Å². The SMILES string of the molecule is C=CC(N)C/C(C)=C\C.CCC. The summed E-state index contributed by atoms with van der Waals surface area (Å²) in [5.74, 6) is 0. The molecule has 0 rings (SSSR count). The normalized spacial score (nSPS) is 12.9. The molecule has 0 amide bonds. The first kappa shape index (κ1) is 14.0. The van der Waals surface area contributed by atoms with Crippen LogP contribution in [-0.2, 0) is 0 Å². The van der Waals surface area contributed by atoms with Gasteiger partial charge in [-0.1, -0.05) is 38.0 Å². The van der Waals surface area contributed by atoms with Crippen LogP contribution in [0.25, 0.3) is 0 Å². The molecule has 0 radical (unpaired) electrons. The summed E-state index contributed by atoms with van der Waals surface area (Å²) in [6, 6.07) is 0.126. The average molecular weight is 169 g/mol. The molecule has 0 spiro atoms. The van der Waals surface area contributed by atoms with Crippen molar-refractivity contribution in [3.63, 3.8) is 0 Å². The predicted molar refractivity (Wildman–Crippen MR) is 58.2 cm³/mol. The minimum Gasteiger partial charge on any atom is -0.324 e. The van der Waals surface area contributed by atoms with Crippen molar-refractivity contribution in [2.45, 2.75) is 46.6 Å². The molecule has 0 aromatic rings. The Morgan fingerprint density at radius 3 is 2.17 bits per heavy atom. The van der Waals surface area contributed by atoms with Gasteiger partial charge < -0.3 is 5.73 Å². The van der Waals surface area contributed by atoms with Crippen molar-refractivity contribution < 1.29 is 0 Å². The summed E-state index contributed by atoms with van der Waals surface area (Å²) in [6.07, 6.45) is 6.02. The second-order valence-electron chi connectivity index (χ2n) is 2.95. The molecule has 1 unspecified atom stereocenters. The highest BCUT2D eigenvalue weighted by Crippen LogP contribution is 2.01. The molecule has 1 atom stereocenters. The first-order chi connectivity index (χ1) is 5.62. The lowest BCUT2D eigenvalue weighted by Gasteiger charge is -2.03. The molecule has 0 fully saturated rings. The smallest absolute Gasteiger partial charge is 0.0258 e. The van der Waals surface area contributed by atoms with Crippen molar-refractivity contribution in [3.05, 3.63) is 24.3 Å². The topological polar surface area (TPSA) is 26.0 Å². The van der Waals surface area contributed by atoms with Gasteiger partial charge in [-0.05, 0) is 20.3 Å². The van der Waals surface area contributed by atoms with E-state index in [0.717, 1.165) is 6.42 Å². The number of hydrogen-bond acceptors (Lipinski definition) is 1. The van der Waals surface area contributed by atoms with Crippen LogP contribution in [0.4, 0.5) is 0 Å². The Balaban J connectivity index is 0. The van der Waals surface area contributed by atoms with Crippen LogP contribution in [0.1, 0.15) is 40.5 Å². The fraction of sp³-hybridized carbons (Fsp3) is 0.636. The summed E-state index contributed by atoms with van der Waals surface area (Å²) < 4.78 is 0. The Bertz CT molecular complexity index is 125. The molecular weight excluding hydrogens is 146 g/mol. The highest BCUT2D eigenvalue weighted by molar-refractivity contribution is 5.01. The molecule has 0 aliphatic carbocycles.